The van der Waals surface area contributed by atoms with Crippen molar-refractivity contribution in [1.82, 2.24) is 4.98 Å². The van der Waals surface area contributed by atoms with Crippen LogP contribution >= 0.6 is 22.9 Å². The maximum atomic E-state index is 14.2. The van der Waals surface area contributed by atoms with Crippen LogP contribution in [0.25, 0.3) is 10.6 Å². The summed E-state index contributed by atoms with van der Waals surface area (Å²) in [6.07, 6.45) is 0. The molecule has 1 heterocycles. The monoisotopic (exact) mass is 444 g/mol. The van der Waals surface area contributed by atoms with Crippen molar-refractivity contribution in [3.63, 3.8) is 0 Å². The molecule has 0 radical (unpaired) electrons. The third-order valence-electron chi connectivity index (χ3n) is 3.57. The molecule has 1 aromatic heterocycles. The summed E-state index contributed by atoms with van der Waals surface area (Å²) < 4.78 is 55.6. The van der Waals surface area contributed by atoms with Crippen LogP contribution in [0.15, 0.2) is 46.7 Å². The number of esters is 1. The minimum atomic E-state index is -4.48. The fourth-order valence-corrected chi connectivity index (χ4v) is 4.02. The SMILES string of the molecule is NS(=O)(=O)c1ccc(F)c(C(=O)OCc2csc(-c3ccccc3Cl)n2)c1F. The van der Waals surface area contributed by atoms with E-state index in [9.17, 15) is 22.0 Å². The second-order valence-corrected chi connectivity index (χ2v) is 8.27. The van der Waals surface area contributed by atoms with Gasteiger partial charge in [0.2, 0.25) is 10.0 Å². The van der Waals surface area contributed by atoms with Crippen molar-refractivity contribution in [2.24, 2.45) is 5.14 Å². The smallest absolute Gasteiger partial charge is 0.344 e. The number of aromatic nitrogens is 1. The van der Waals surface area contributed by atoms with Gasteiger partial charge in [-0.05, 0) is 18.2 Å². The number of hydrogen-bond acceptors (Lipinski definition) is 6. The lowest BCUT2D eigenvalue weighted by Crippen LogP contribution is -2.18. The van der Waals surface area contributed by atoms with Crippen LogP contribution in [0.5, 0.6) is 0 Å². The Labute approximate surface area is 167 Å². The summed E-state index contributed by atoms with van der Waals surface area (Å²) >= 11 is 7.35. The normalized spacial score (nSPS) is 11.4. The minimum absolute atomic E-state index is 0.330. The number of primary sulfonamides is 1. The summed E-state index contributed by atoms with van der Waals surface area (Å²) in [5, 5.41) is 7.51. The van der Waals surface area contributed by atoms with E-state index < -0.39 is 38.1 Å². The van der Waals surface area contributed by atoms with E-state index in [1.54, 1.807) is 29.6 Å². The van der Waals surface area contributed by atoms with Crippen LogP contribution in [0.2, 0.25) is 5.02 Å². The molecule has 0 aliphatic rings. The van der Waals surface area contributed by atoms with Gasteiger partial charge in [0.15, 0.2) is 5.82 Å². The fraction of sp³-hybridized carbons (Fsp3) is 0.0588. The molecule has 0 unspecified atom stereocenters. The highest BCUT2D eigenvalue weighted by Gasteiger charge is 2.26. The molecule has 0 aliphatic carbocycles. The van der Waals surface area contributed by atoms with Crippen LogP contribution in [-0.2, 0) is 21.4 Å². The molecule has 0 amide bonds. The number of nitrogens with two attached hydrogens (primary N) is 1. The van der Waals surface area contributed by atoms with E-state index in [1.807, 2.05) is 0 Å². The number of carbonyl (C=O) groups excluding carboxylic acids is 1. The number of carbonyl (C=O) groups is 1. The lowest BCUT2D eigenvalue weighted by atomic mass is 10.2. The molecule has 0 bridgehead atoms. The molecule has 3 aromatic rings. The van der Waals surface area contributed by atoms with E-state index in [1.165, 1.54) is 11.3 Å². The number of halogens is 3. The first kappa shape index (κ1) is 20.3. The van der Waals surface area contributed by atoms with E-state index in [-0.39, 0.29) is 6.61 Å². The van der Waals surface area contributed by atoms with E-state index >= 15 is 0 Å². The molecular formula is C17H11ClF2N2O4S2. The Hall–Kier alpha value is -2.40. The van der Waals surface area contributed by atoms with Crippen molar-refractivity contribution in [3.05, 3.63) is 69.7 Å². The lowest BCUT2D eigenvalue weighted by Gasteiger charge is -2.08. The zero-order valence-electron chi connectivity index (χ0n) is 13.9. The van der Waals surface area contributed by atoms with Crippen molar-refractivity contribution >= 4 is 38.9 Å². The minimum Gasteiger partial charge on any atom is -0.455 e. The highest BCUT2D eigenvalue weighted by Crippen LogP contribution is 2.30. The summed E-state index contributed by atoms with van der Waals surface area (Å²) in [7, 11) is -4.48. The van der Waals surface area contributed by atoms with Crippen molar-refractivity contribution in [1.29, 1.82) is 0 Å². The first-order valence-electron chi connectivity index (χ1n) is 7.55. The molecule has 28 heavy (non-hydrogen) atoms. The highest BCUT2D eigenvalue weighted by molar-refractivity contribution is 7.89. The third-order valence-corrected chi connectivity index (χ3v) is 5.76. The van der Waals surface area contributed by atoms with E-state index in [2.05, 4.69) is 4.98 Å². The number of thiazole rings is 1. The molecule has 2 aromatic carbocycles. The number of hydrogen-bond donors (Lipinski definition) is 1. The van der Waals surface area contributed by atoms with Gasteiger partial charge in [-0.2, -0.15) is 0 Å². The standard InChI is InChI=1S/C17H11ClF2N2O4S2/c18-11-4-2-1-3-10(11)16-22-9(8-27-16)7-26-17(23)14-12(19)5-6-13(15(14)20)28(21,24)25/h1-6,8H,7H2,(H2,21,24,25). The van der Waals surface area contributed by atoms with Crippen LogP contribution in [0, 0.1) is 11.6 Å². The molecular weight excluding hydrogens is 434 g/mol. The summed E-state index contributed by atoms with van der Waals surface area (Å²) in [5.74, 6) is -4.26. The van der Waals surface area contributed by atoms with Crippen molar-refractivity contribution in [3.8, 4) is 10.6 Å². The Balaban J connectivity index is 1.80. The Bertz CT molecular complexity index is 1170. The summed E-state index contributed by atoms with van der Waals surface area (Å²) in [6.45, 7) is -0.377. The molecule has 0 aliphatic heterocycles. The molecule has 0 atom stereocenters. The van der Waals surface area contributed by atoms with Crippen LogP contribution in [-0.4, -0.2) is 19.4 Å². The van der Waals surface area contributed by atoms with Crippen LogP contribution < -0.4 is 5.14 Å². The highest BCUT2D eigenvalue weighted by atomic mass is 35.5. The molecule has 6 nitrogen and oxygen atoms in total. The Morgan fingerprint density at radius 3 is 2.61 bits per heavy atom. The number of ether oxygens (including phenoxy) is 1. The quantitative estimate of drug-likeness (QED) is 0.604. The number of sulfonamides is 1. The fourth-order valence-electron chi connectivity index (χ4n) is 2.28. The van der Waals surface area contributed by atoms with Crippen molar-refractivity contribution in [2.45, 2.75) is 11.5 Å². The van der Waals surface area contributed by atoms with Crippen molar-refractivity contribution in [2.75, 3.05) is 0 Å². The second kappa shape index (κ2) is 7.92. The van der Waals surface area contributed by atoms with Crippen LogP contribution in [0.4, 0.5) is 8.78 Å². The van der Waals surface area contributed by atoms with Gasteiger partial charge in [0.25, 0.3) is 0 Å². The number of benzene rings is 2. The zero-order valence-corrected chi connectivity index (χ0v) is 16.2. The van der Waals surface area contributed by atoms with E-state index in [0.29, 0.717) is 33.4 Å². The van der Waals surface area contributed by atoms with Gasteiger partial charge in [0, 0.05) is 10.9 Å². The Kier molecular flexibility index (Phi) is 5.75. The molecule has 146 valence electrons. The third kappa shape index (κ3) is 4.20. The first-order valence-corrected chi connectivity index (χ1v) is 10.4. The van der Waals surface area contributed by atoms with Gasteiger partial charge < -0.3 is 4.74 Å². The van der Waals surface area contributed by atoms with Gasteiger partial charge in [-0.15, -0.1) is 11.3 Å². The molecule has 0 fully saturated rings. The first-order chi connectivity index (χ1) is 13.2. The second-order valence-electron chi connectivity index (χ2n) is 5.48. The maximum absolute atomic E-state index is 14.2. The number of nitrogens with zero attached hydrogens (tertiary/aromatic N) is 1. The molecule has 0 spiro atoms. The maximum Gasteiger partial charge on any atom is 0.344 e. The average Bonchev–Trinajstić information content (AvgIpc) is 3.08. The van der Waals surface area contributed by atoms with Crippen LogP contribution in [0.1, 0.15) is 16.1 Å². The molecule has 0 saturated heterocycles. The van der Waals surface area contributed by atoms with E-state index in [0.717, 1.165) is 0 Å². The number of rotatable bonds is 5. The topological polar surface area (TPSA) is 99.4 Å². The molecule has 3 rings (SSSR count). The van der Waals surface area contributed by atoms with E-state index in [4.69, 9.17) is 21.5 Å². The summed E-state index contributed by atoms with van der Waals surface area (Å²) in [4.78, 5) is 15.3. The predicted molar refractivity (Wildman–Crippen MR) is 99.4 cm³/mol. The molecule has 2 N–H and O–H groups in total. The lowest BCUT2D eigenvalue weighted by molar-refractivity contribution is 0.0456. The Morgan fingerprint density at radius 2 is 1.93 bits per heavy atom. The summed E-state index contributed by atoms with van der Waals surface area (Å²) in [6, 6.07) is 8.26. The van der Waals surface area contributed by atoms with Gasteiger partial charge in [-0.25, -0.2) is 32.1 Å². The van der Waals surface area contributed by atoms with Crippen LogP contribution in [0.3, 0.4) is 0 Å². The molecule has 11 heteroatoms. The van der Waals surface area contributed by atoms with Gasteiger partial charge in [-0.3, -0.25) is 0 Å². The zero-order chi connectivity index (χ0) is 20.5. The van der Waals surface area contributed by atoms with Gasteiger partial charge in [0.1, 0.15) is 27.9 Å². The summed E-state index contributed by atoms with van der Waals surface area (Å²) in [5.41, 5.74) is -0.130. The van der Waals surface area contributed by atoms with Gasteiger partial charge >= 0.3 is 5.97 Å². The predicted octanol–water partition coefficient (Wildman–Crippen LogP) is 3.75. The largest absolute Gasteiger partial charge is 0.455 e. The average molecular weight is 445 g/mol. The Morgan fingerprint density at radius 1 is 1.21 bits per heavy atom. The van der Waals surface area contributed by atoms with Gasteiger partial charge in [0.05, 0.1) is 10.7 Å². The van der Waals surface area contributed by atoms with Gasteiger partial charge in [-0.1, -0.05) is 29.8 Å². The molecule has 0 saturated carbocycles. The van der Waals surface area contributed by atoms with Crippen molar-refractivity contribution < 1.29 is 26.7 Å².